The monoisotopic (exact) mass is 329 g/mol. The number of carbonyl (C=O) groups is 1. The van der Waals surface area contributed by atoms with E-state index in [-0.39, 0.29) is 21.6 Å². The van der Waals surface area contributed by atoms with E-state index in [0.29, 0.717) is 12.3 Å². The van der Waals surface area contributed by atoms with Crippen LogP contribution in [0.1, 0.15) is 24.2 Å². The number of nitrogens with zero attached hydrogens (tertiary/aromatic N) is 1. The van der Waals surface area contributed by atoms with Gasteiger partial charge < -0.3 is 10.2 Å². The zero-order valence-electron chi connectivity index (χ0n) is 10.2. The summed E-state index contributed by atoms with van der Waals surface area (Å²) in [6.45, 7) is 1.27. The lowest BCUT2D eigenvalue weighted by molar-refractivity contribution is -0.138. The van der Waals surface area contributed by atoms with Crippen LogP contribution in [0.2, 0.25) is 5.15 Å². The highest BCUT2D eigenvalue weighted by Gasteiger charge is 2.33. The van der Waals surface area contributed by atoms with E-state index in [1.54, 1.807) is 0 Å². The zero-order chi connectivity index (χ0) is 15.5. The molecule has 1 aromatic rings. The van der Waals surface area contributed by atoms with E-state index >= 15 is 0 Å². The van der Waals surface area contributed by atoms with Gasteiger partial charge in [0, 0.05) is 24.4 Å². The molecule has 20 heavy (non-hydrogen) atoms. The quantitative estimate of drug-likeness (QED) is 0.830. The topological polar surface area (TPSA) is 70.4 Å². The van der Waals surface area contributed by atoms with E-state index < -0.39 is 23.9 Å². The number of carbonyl (C=O) groups excluding carboxylic acids is 1. The van der Waals surface area contributed by atoms with E-state index in [2.05, 4.69) is 4.98 Å². The molecule has 112 valence electrons. The van der Waals surface area contributed by atoms with Gasteiger partial charge in [-0.05, 0) is 6.07 Å². The maximum absolute atomic E-state index is 12.5. The van der Waals surface area contributed by atoms with Gasteiger partial charge >= 0.3 is 6.18 Å². The molecule has 0 saturated heterocycles. The Morgan fingerprint density at radius 3 is 2.60 bits per heavy atom. The number of rotatable bonds is 4. The first-order valence-corrected chi connectivity index (χ1v) is 6.71. The molecule has 2 atom stereocenters. The van der Waals surface area contributed by atoms with Gasteiger partial charge in [-0.15, -0.1) is 0 Å². The Balaban J connectivity index is 2.97. The van der Waals surface area contributed by atoms with Crippen molar-refractivity contribution in [3.05, 3.63) is 28.5 Å². The second kappa shape index (κ2) is 6.75. The number of hydrogen-bond donors (Lipinski definition) is 2. The largest absolute Gasteiger partial charge is 0.417 e. The number of hydrogen-bond acceptors (Lipinski definition) is 5. The second-order valence-corrected chi connectivity index (χ2v) is 5.47. The first kappa shape index (κ1) is 17.2. The predicted octanol–water partition coefficient (Wildman–Crippen LogP) is 2.43. The van der Waals surface area contributed by atoms with Gasteiger partial charge in [-0.25, -0.2) is 4.98 Å². The van der Waals surface area contributed by atoms with Gasteiger partial charge in [-0.1, -0.05) is 23.4 Å². The van der Waals surface area contributed by atoms with E-state index in [1.807, 2.05) is 0 Å². The molecule has 0 bridgehead atoms. The summed E-state index contributed by atoms with van der Waals surface area (Å²) in [6.07, 6.45) is -7.20. The summed E-state index contributed by atoms with van der Waals surface area (Å²) in [7, 11) is 0. The number of thioether (sulfide) groups is 1. The normalized spacial score (nSPS) is 14.9. The van der Waals surface area contributed by atoms with Crippen LogP contribution in [-0.2, 0) is 11.0 Å². The summed E-state index contributed by atoms with van der Waals surface area (Å²) in [5.74, 6) is -0.164. The maximum Gasteiger partial charge on any atom is 0.417 e. The average Bonchev–Trinajstić information content (AvgIpc) is 2.34. The highest BCUT2D eigenvalue weighted by Crippen LogP contribution is 2.33. The van der Waals surface area contributed by atoms with Gasteiger partial charge in [0.15, 0.2) is 5.12 Å². The molecular formula is C11H11ClF3NO3S. The van der Waals surface area contributed by atoms with Gasteiger partial charge in [0.2, 0.25) is 0 Å². The molecule has 1 heterocycles. The first-order valence-electron chi connectivity index (χ1n) is 5.35. The molecule has 1 rings (SSSR count). The minimum atomic E-state index is -4.63. The standard InChI is InChI=1S/C11H11ClF3NO3S/c1-5(17)20-4-8(18)9(19)7-2-6(11(13,14)15)3-16-10(7)12/h2-3,8-9,18-19H,4H2,1H3. The molecule has 0 amide bonds. The van der Waals surface area contributed by atoms with Crippen molar-refractivity contribution < 1.29 is 28.2 Å². The molecule has 0 fully saturated rings. The molecule has 9 heteroatoms. The number of aliphatic hydroxyl groups is 2. The Bertz CT molecular complexity index is 498. The lowest BCUT2D eigenvalue weighted by Gasteiger charge is -2.19. The third-order valence-corrected chi connectivity index (χ3v) is 3.56. The van der Waals surface area contributed by atoms with Crippen molar-refractivity contribution in [1.29, 1.82) is 0 Å². The minimum Gasteiger partial charge on any atom is -0.389 e. The van der Waals surface area contributed by atoms with Crippen LogP contribution in [0.3, 0.4) is 0 Å². The Morgan fingerprint density at radius 1 is 1.50 bits per heavy atom. The molecule has 0 radical (unpaired) electrons. The fourth-order valence-electron chi connectivity index (χ4n) is 1.33. The van der Waals surface area contributed by atoms with Gasteiger partial charge in [0.1, 0.15) is 11.3 Å². The fourth-order valence-corrected chi connectivity index (χ4v) is 2.13. The Morgan fingerprint density at radius 2 is 2.10 bits per heavy atom. The summed E-state index contributed by atoms with van der Waals surface area (Å²) in [5, 5.41) is 18.8. The minimum absolute atomic E-state index is 0.164. The Kier molecular flexibility index (Phi) is 5.81. The van der Waals surface area contributed by atoms with Crippen LogP contribution in [-0.4, -0.2) is 32.2 Å². The van der Waals surface area contributed by atoms with Gasteiger partial charge in [-0.3, -0.25) is 4.79 Å². The molecular weight excluding hydrogens is 319 g/mol. The average molecular weight is 330 g/mol. The highest BCUT2D eigenvalue weighted by molar-refractivity contribution is 8.13. The van der Waals surface area contributed by atoms with Crippen LogP contribution in [0.25, 0.3) is 0 Å². The molecule has 1 aromatic heterocycles. The van der Waals surface area contributed by atoms with E-state index in [1.165, 1.54) is 6.92 Å². The molecule has 0 spiro atoms. The number of alkyl halides is 3. The molecule has 2 unspecified atom stereocenters. The number of pyridine rings is 1. The number of halogens is 4. The second-order valence-electron chi connectivity index (χ2n) is 3.92. The lowest BCUT2D eigenvalue weighted by Crippen LogP contribution is -2.22. The Hall–Kier alpha value is -0.830. The highest BCUT2D eigenvalue weighted by atomic mass is 35.5. The molecule has 0 aliphatic rings. The summed E-state index contributed by atoms with van der Waals surface area (Å²) in [6, 6.07) is 0.627. The van der Waals surface area contributed by atoms with Gasteiger partial charge in [0.25, 0.3) is 0 Å². The SMILES string of the molecule is CC(=O)SCC(O)C(O)c1cc(C(F)(F)F)cnc1Cl. The van der Waals surface area contributed by atoms with Crippen molar-refractivity contribution in [2.45, 2.75) is 25.3 Å². The van der Waals surface area contributed by atoms with E-state index in [9.17, 15) is 28.2 Å². The van der Waals surface area contributed by atoms with Gasteiger partial charge in [0.05, 0.1) is 11.7 Å². The molecule has 0 aromatic carbocycles. The van der Waals surface area contributed by atoms with Crippen molar-refractivity contribution in [2.24, 2.45) is 0 Å². The predicted molar refractivity (Wildman–Crippen MR) is 68.4 cm³/mol. The van der Waals surface area contributed by atoms with Crippen molar-refractivity contribution in [1.82, 2.24) is 4.98 Å². The summed E-state index contributed by atoms with van der Waals surface area (Å²) in [5.41, 5.74) is -1.42. The first-order chi connectivity index (χ1) is 9.12. The summed E-state index contributed by atoms with van der Waals surface area (Å²) >= 11 is 6.37. The number of aromatic nitrogens is 1. The molecule has 0 saturated carbocycles. The third-order valence-electron chi connectivity index (χ3n) is 2.33. The van der Waals surface area contributed by atoms with Crippen LogP contribution in [0.4, 0.5) is 13.2 Å². The Labute approximate surface area is 122 Å². The van der Waals surface area contributed by atoms with Crippen molar-refractivity contribution in [3.8, 4) is 0 Å². The molecule has 2 N–H and O–H groups in total. The molecule has 4 nitrogen and oxygen atoms in total. The van der Waals surface area contributed by atoms with Crippen LogP contribution >= 0.6 is 23.4 Å². The van der Waals surface area contributed by atoms with Crippen molar-refractivity contribution in [3.63, 3.8) is 0 Å². The van der Waals surface area contributed by atoms with Crippen LogP contribution in [0, 0.1) is 0 Å². The van der Waals surface area contributed by atoms with Crippen LogP contribution in [0.15, 0.2) is 12.3 Å². The molecule has 0 aliphatic carbocycles. The van der Waals surface area contributed by atoms with Gasteiger partial charge in [-0.2, -0.15) is 13.2 Å². The number of aliphatic hydroxyl groups excluding tert-OH is 2. The van der Waals surface area contributed by atoms with Crippen LogP contribution in [0.5, 0.6) is 0 Å². The smallest absolute Gasteiger partial charge is 0.389 e. The summed E-state index contributed by atoms with van der Waals surface area (Å²) in [4.78, 5) is 14.1. The zero-order valence-corrected chi connectivity index (χ0v) is 11.8. The van der Waals surface area contributed by atoms with Crippen molar-refractivity contribution in [2.75, 3.05) is 5.75 Å². The lowest BCUT2D eigenvalue weighted by atomic mass is 10.1. The van der Waals surface area contributed by atoms with Crippen molar-refractivity contribution >= 4 is 28.5 Å². The van der Waals surface area contributed by atoms with E-state index in [0.717, 1.165) is 11.8 Å². The fraction of sp³-hybridized carbons (Fsp3) is 0.455. The third kappa shape index (κ3) is 4.62. The summed E-state index contributed by atoms with van der Waals surface area (Å²) < 4.78 is 37.6. The maximum atomic E-state index is 12.5. The van der Waals surface area contributed by atoms with E-state index in [4.69, 9.17) is 11.6 Å². The molecule has 0 aliphatic heterocycles. The van der Waals surface area contributed by atoms with Crippen LogP contribution < -0.4 is 0 Å².